The van der Waals surface area contributed by atoms with Crippen LogP contribution in [0.4, 0.5) is 0 Å². The Morgan fingerprint density at radius 2 is 2.50 bits per heavy atom. The third kappa shape index (κ3) is 2.40. The van der Waals surface area contributed by atoms with E-state index in [-0.39, 0.29) is 5.78 Å². The van der Waals surface area contributed by atoms with E-state index in [0.29, 0.717) is 12.0 Å². The molecular weight excluding hydrogens is 176 g/mol. The van der Waals surface area contributed by atoms with Gasteiger partial charge in [0.1, 0.15) is 5.92 Å². The van der Waals surface area contributed by atoms with Gasteiger partial charge in [0.05, 0.1) is 6.07 Å². The molecule has 0 amide bonds. The van der Waals surface area contributed by atoms with E-state index in [1.165, 1.54) is 0 Å². The first-order valence-electron chi connectivity index (χ1n) is 4.61. The number of Topliss-reactive ketones (excluding diaryl/α,β-unsaturated/α-hetero) is 1. The number of carbonyl (C=O) groups excluding carboxylic acids is 1. The van der Waals surface area contributed by atoms with E-state index in [2.05, 4.69) is 4.98 Å². The average Bonchev–Trinajstić information content (AvgIpc) is 2.21. The summed E-state index contributed by atoms with van der Waals surface area (Å²) in [6.07, 6.45) is 4.42. The first-order chi connectivity index (χ1) is 6.79. The molecule has 1 atom stereocenters. The number of nitrogens with zero attached hydrogens (tertiary/aromatic N) is 2. The minimum Gasteiger partial charge on any atom is -0.298 e. The van der Waals surface area contributed by atoms with Gasteiger partial charge < -0.3 is 0 Å². The maximum absolute atomic E-state index is 11.5. The molecule has 0 fully saturated rings. The van der Waals surface area contributed by atoms with Crippen molar-refractivity contribution in [1.82, 2.24) is 4.98 Å². The van der Waals surface area contributed by atoms with Crippen LogP contribution in [0.2, 0.25) is 0 Å². The van der Waals surface area contributed by atoms with Crippen LogP contribution in [0, 0.1) is 11.3 Å². The molecule has 0 N–H and O–H groups in total. The number of hydrogen-bond acceptors (Lipinski definition) is 3. The molecule has 1 rings (SSSR count). The Morgan fingerprint density at radius 3 is 3.00 bits per heavy atom. The summed E-state index contributed by atoms with van der Waals surface area (Å²) in [6.45, 7) is 1.93. The fourth-order valence-corrected chi connectivity index (χ4v) is 1.27. The van der Waals surface area contributed by atoms with E-state index in [1.807, 2.05) is 13.0 Å². The number of nitriles is 1. The number of rotatable bonds is 4. The second-order valence-corrected chi connectivity index (χ2v) is 3.06. The fraction of sp³-hybridized carbons (Fsp3) is 0.364. The lowest BCUT2D eigenvalue weighted by molar-refractivity contribution is -0.119. The maximum Gasteiger partial charge on any atom is 0.154 e. The van der Waals surface area contributed by atoms with Crippen LogP contribution in [0.1, 0.15) is 31.2 Å². The lowest BCUT2D eigenvalue weighted by Crippen LogP contribution is -2.10. The molecule has 0 aromatic carbocycles. The number of pyridine rings is 1. The predicted molar refractivity (Wildman–Crippen MR) is 52.5 cm³/mol. The lowest BCUT2D eigenvalue weighted by atomic mass is 9.95. The Bertz CT molecular complexity index is 340. The fourth-order valence-electron chi connectivity index (χ4n) is 1.27. The predicted octanol–water partition coefficient (Wildman–Crippen LogP) is 2.06. The summed E-state index contributed by atoms with van der Waals surface area (Å²) in [6, 6.07) is 5.51. The molecule has 1 aromatic heterocycles. The van der Waals surface area contributed by atoms with Gasteiger partial charge >= 0.3 is 0 Å². The second kappa shape index (κ2) is 5.13. The molecule has 0 aliphatic rings. The normalized spacial score (nSPS) is 11.7. The second-order valence-electron chi connectivity index (χ2n) is 3.06. The molecule has 0 saturated heterocycles. The molecule has 3 nitrogen and oxygen atoms in total. The van der Waals surface area contributed by atoms with Crippen LogP contribution < -0.4 is 0 Å². The minimum atomic E-state index is -0.649. The average molecular weight is 188 g/mol. The van der Waals surface area contributed by atoms with Crippen LogP contribution >= 0.6 is 0 Å². The van der Waals surface area contributed by atoms with Crippen molar-refractivity contribution >= 4 is 5.78 Å². The zero-order valence-electron chi connectivity index (χ0n) is 8.10. The highest BCUT2D eigenvalue weighted by atomic mass is 16.1. The third-order valence-electron chi connectivity index (χ3n) is 1.97. The van der Waals surface area contributed by atoms with E-state index in [1.54, 1.807) is 24.5 Å². The number of ketones is 1. The van der Waals surface area contributed by atoms with E-state index in [0.717, 1.165) is 6.42 Å². The van der Waals surface area contributed by atoms with Gasteiger partial charge in [0, 0.05) is 18.8 Å². The van der Waals surface area contributed by atoms with E-state index < -0.39 is 5.92 Å². The zero-order valence-corrected chi connectivity index (χ0v) is 8.10. The molecule has 0 saturated carbocycles. The van der Waals surface area contributed by atoms with Gasteiger partial charge in [-0.3, -0.25) is 9.78 Å². The van der Waals surface area contributed by atoms with Gasteiger partial charge in [-0.2, -0.15) is 5.26 Å². The highest BCUT2D eigenvalue weighted by Crippen LogP contribution is 2.16. The van der Waals surface area contributed by atoms with Crippen molar-refractivity contribution < 1.29 is 4.79 Å². The quantitative estimate of drug-likeness (QED) is 0.726. The molecule has 72 valence electrons. The van der Waals surface area contributed by atoms with Gasteiger partial charge in [-0.05, 0) is 18.1 Å². The summed E-state index contributed by atoms with van der Waals surface area (Å²) in [5.74, 6) is -0.674. The van der Waals surface area contributed by atoms with Gasteiger partial charge in [0.2, 0.25) is 0 Å². The van der Waals surface area contributed by atoms with Crippen LogP contribution in [0.5, 0.6) is 0 Å². The van der Waals surface area contributed by atoms with Gasteiger partial charge in [-0.1, -0.05) is 13.0 Å². The maximum atomic E-state index is 11.5. The monoisotopic (exact) mass is 188 g/mol. The summed E-state index contributed by atoms with van der Waals surface area (Å²) in [5, 5.41) is 8.88. The summed E-state index contributed by atoms with van der Waals surface area (Å²) in [7, 11) is 0. The van der Waals surface area contributed by atoms with Crippen LogP contribution in [0.25, 0.3) is 0 Å². The van der Waals surface area contributed by atoms with E-state index >= 15 is 0 Å². The SMILES string of the molecule is CCCC(=O)C(C#N)c1cccnc1. The smallest absolute Gasteiger partial charge is 0.154 e. The van der Waals surface area contributed by atoms with Gasteiger partial charge in [0.15, 0.2) is 5.78 Å². The molecule has 1 heterocycles. The zero-order chi connectivity index (χ0) is 10.4. The minimum absolute atomic E-state index is 0.0250. The standard InChI is InChI=1S/C11H12N2O/c1-2-4-11(14)10(7-12)9-5-3-6-13-8-9/h3,5-6,8,10H,2,4H2,1H3. The molecule has 1 unspecified atom stereocenters. The Balaban J connectivity index is 2.84. The molecule has 0 aliphatic heterocycles. The van der Waals surface area contributed by atoms with Gasteiger partial charge in [-0.25, -0.2) is 0 Å². The van der Waals surface area contributed by atoms with Crippen molar-refractivity contribution in [2.24, 2.45) is 0 Å². The molecule has 0 bridgehead atoms. The van der Waals surface area contributed by atoms with Crippen molar-refractivity contribution in [1.29, 1.82) is 5.26 Å². The Morgan fingerprint density at radius 1 is 1.71 bits per heavy atom. The first kappa shape index (κ1) is 10.4. The van der Waals surface area contributed by atoms with Gasteiger partial charge in [-0.15, -0.1) is 0 Å². The number of aromatic nitrogens is 1. The molecule has 1 aromatic rings. The van der Waals surface area contributed by atoms with E-state index in [9.17, 15) is 4.79 Å². The summed E-state index contributed by atoms with van der Waals surface area (Å²) >= 11 is 0. The van der Waals surface area contributed by atoms with Crippen molar-refractivity contribution in [2.75, 3.05) is 0 Å². The number of hydrogen-bond donors (Lipinski definition) is 0. The molecule has 3 heteroatoms. The topological polar surface area (TPSA) is 53.8 Å². The Hall–Kier alpha value is -1.69. The molecule has 0 spiro atoms. The molecule has 14 heavy (non-hydrogen) atoms. The van der Waals surface area contributed by atoms with Crippen LogP contribution in [-0.2, 0) is 4.79 Å². The lowest BCUT2D eigenvalue weighted by Gasteiger charge is -2.06. The van der Waals surface area contributed by atoms with Crippen LogP contribution in [0.15, 0.2) is 24.5 Å². The molecular formula is C11H12N2O. The van der Waals surface area contributed by atoms with Crippen LogP contribution in [0.3, 0.4) is 0 Å². The highest BCUT2D eigenvalue weighted by Gasteiger charge is 2.18. The highest BCUT2D eigenvalue weighted by molar-refractivity contribution is 5.88. The van der Waals surface area contributed by atoms with Crippen molar-refractivity contribution in [3.8, 4) is 6.07 Å². The van der Waals surface area contributed by atoms with Crippen molar-refractivity contribution in [3.05, 3.63) is 30.1 Å². The third-order valence-corrected chi connectivity index (χ3v) is 1.97. The number of carbonyl (C=O) groups is 1. The summed E-state index contributed by atoms with van der Waals surface area (Å²) < 4.78 is 0. The van der Waals surface area contributed by atoms with Crippen molar-refractivity contribution in [3.63, 3.8) is 0 Å². The van der Waals surface area contributed by atoms with E-state index in [4.69, 9.17) is 5.26 Å². The Kier molecular flexibility index (Phi) is 3.81. The Labute approximate surface area is 83.4 Å². The summed E-state index contributed by atoms with van der Waals surface area (Å²) in [5.41, 5.74) is 0.688. The van der Waals surface area contributed by atoms with Crippen LogP contribution in [-0.4, -0.2) is 10.8 Å². The summed E-state index contributed by atoms with van der Waals surface area (Å²) in [4.78, 5) is 15.4. The molecule has 0 radical (unpaired) electrons. The van der Waals surface area contributed by atoms with Gasteiger partial charge in [0.25, 0.3) is 0 Å². The van der Waals surface area contributed by atoms with Crippen molar-refractivity contribution in [2.45, 2.75) is 25.7 Å². The molecule has 0 aliphatic carbocycles. The first-order valence-corrected chi connectivity index (χ1v) is 4.61. The largest absolute Gasteiger partial charge is 0.298 e.